The topological polar surface area (TPSA) is 75.2 Å². The summed E-state index contributed by atoms with van der Waals surface area (Å²) in [6.45, 7) is 5.52. The predicted molar refractivity (Wildman–Crippen MR) is 54.4 cm³/mol. The molecule has 1 heterocycles. The summed E-state index contributed by atoms with van der Waals surface area (Å²) in [6, 6.07) is 1.50. The van der Waals surface area contributed by atoms with Crippen molar-refractivity contribution >= 4 is 5.97 Å². The van der Waals surface area contributed by atoms with Gasteiger partial charge in [-0.15, -0.1) is 0 Å². The van der Waals surface area contributed by atoms with Crippen molar-refractivity contribution in [3.8, 4) is 0 Å². The zero-order valence-electron chi connectivity index (χ0n) is 9.20. The molecule has 15 heavy (non-hydrogen) atoms. The summed E-state index contributed by atoms with van der Waals surface area (Å²) >= 11 is 0. The van der Waals surface area contributed by atoms with Crippen LogP contribution in [0.1, 0.15) is 43.4 Å². The fourth-order valence-corrected chi connectivity index (χ4v) is 1.01. The Morgan fingerprint density at radius 3 is 2.80 bits per heavy atom. The highest BCUT2D eigenvalue weighted by Crippen LogP contribution is 2.17. The van der Waals surface area contributed by atoms with Gasteiger partial charge in [0.15, 0.2) is 5.69 Å². The molecular formula is C10H16N2O3. The highest BCUT2D eigenvalue weighted by atomic mass is 16.5. The molecular weight excluding hydrogens is 196 g/mol. The number of esters is 1. The van der Waals surface area contributed by atoms with E-state index in [1.165, 1.54) is 6.07 Å². The van der Waals surface area contributed by atoms with E-state index >= 15 is 0 Å². The number of nitrogens with one attached hydrogen (secondary N) is 1. The molecule has 1 aromatic heterocycles. The van der Waals surface area contributed by atoms with Crippen molar-refractivity contribution < 1.29 is 14.6 Å². The van der Waals surface area contributed by atoms with Crippen LogP contribution in [-0.2, 0) is 10.3 Å². The minimum atomic E-state index is -1.03. The van der Waals surface area contributed by atoms with Crippen molar-refractivity contribution in [1.82, 2.24) is 10.2 Å². The maximum atomic E-state index is 11.4. The molecule has 1 rings (SSSR count). The van der Waals surface area contributed by atoms with Gasteiger partial charge < -0.3 is 9.84 Å². The second-order valence-electron chi connectivity index (χ2n) is 3.86. The van der Waals surface area contributed by atoms with Gasteiger partial charge in [-0.2, -0.15) is 5.10 Å². The van der Waals surface area contributed by atoms with Crippen molar-refractivity contribution in [2.45, 2.75) is 32.8 Å². The van der Waals surface area contributed by atoms with Crippen molar-refractivity contribution in [1.29, 1.82) is 0 Å². The van der Waals surface area contributed by atoms with E-state index < -0.39 is 11.6 Å². The first-order valence-electron chi connectivity index (χ1n) is 4.90. The quantitative estimate of drug-likeness (QED) is 0.735. The van der Waals surface area contributed by atoms with E-state index in [0.29, 0.717) is 12.3 Å². The summed E-state index contributed by atoms with van der Waals surface area (Å²) < 4.78 is 4.90. The maximum absolute atomic E-state index is 11.4. The third kappa shape index (κ3) is 3.06. The molecule has 0 fully saturated rings. The number of aromatic amines is 1. The predicted octanol–water partition coefficient (Wildman–Crippen LogP) is 1.20. The second-order valence-corrected chi connectivity index (χ2v) is 3.86. The number of aliphatic hydroxyl groups is 1. The summed E-state index contributed by atoms with van der Waals surface area (Å²) in [4.78, 5) is 11.4. The largest absolute Gasteiger partial charge is 0.461 e. The van der Waals surface area contributed by atoms with Gasteiger partial charge in [-0.3, -0.25) is 5.10 Å². The Kier molecular flexibility index (Phi) is 3.47. The molecule has 0 aliphatic heterocycles. The number of hydrogen-bond donors (Lipinski definition) is 2. The molecule has 0 saturated carbocycles. The van der Waals surface area contributed by atoms with Gasteiger partial charge in [-0.1, -0.05) is 6.92 Å². The van der Waals surface area contributed by atoms with Crippen LogP contribution in [0.5, 0.6) is 0 Å². The van der Waals surface area contributed by atoms with E-state index in [2.05, 4.69) is 10.2 Å². The van der Waals surface area contributed by atoms with Gasteiger partial charge >= 0.3 is 5.97 Å². The summed E-state index contributed by atoms with van der Waals surface area (Å²) in [5.41, 5.74) is -0.345. The Hall–Kier alpha value is -1.36. The Bertz CT molecular complexity index is 339. The van der Waals surface area contributed by atoms with Crippen molar-refractivity contribution in [2.24, 2.45) is 0 Å². The van der Waals surface area contributed by atoms with Gasteiger partial charge in [0, 0.05) is 0 Å². The zero-order chi connectivity index (χ0) is 11.5. The van der Waals surface area contributed by atoms with Crippen LogP contribution in [-0.4, -0.2) is 27.9 Å². The molecule has 5 heteroatoms. The average molecular weight is 212 g/mol. The van der Waals surface area contributed by atoms with Crippen LogP contribution in [0.4, 0.5) is 0 Å². The average Bonchev–Trinajstić information content (AvgIpc) is 2.62. The Labute approximate surface area is 88.5 Å². The lowest BCUT2D eigenvalue weighted by atomic mass is 10.1. The van der Waals surface area contributed by atoms with Crippen LogP contribution in [0.3, 0.4) is 0 Å². The first-order chi connectivity index (χ1) is 6.95. The molecule has 0 atom stereocenters. The number of carbonyl (C=O) groups excluding carboxylic acids is 1. The Morgan fingerprint density at radius 2 is 2.33 bits per heavy atom. The normalized spacial score (nSPS) is 11.5. The van der Waals surface area contributed by atoms with E-state index in [0.717, 1.165) is 6.42 Å². The first kappa shape index (κ1) is 11.7. The molecule has 0 amide bonds. The number of ether oxygens (including phenoxy) is 1. The maximum Gasteiger partial charge on any atom is 0.358 e. The smallest absolute Gasteiger partial charge is 0.358 e. The third-order valence-corrected chi connectivity index (χ3v) is 1.88. The molecule has 84 valence electrons. The minimum absolute atomic E-state index is 0.195. The number of carbonyl (C=O) groups is 1. The molecule has 1 aromatic rings. The lowest BCUT2D eigenvalue weighted by molar-refractivity contribution is 0.0498. The summed E-state index contributed by atoms with van der Waals surface area (Å²) in [7, 11) is 0. The van der Waals surface area contributed by atoms with Gasteiger partial charge in [-0.25, -0.2) is 4.79 Å². The van der Waals surface area contributed by atoms with Crippen molar-refractivity contribution in [3.05, 3.63) is 17.5 Å². The third-order valence-electron chi connectivity index (χ3n) is 1.88. The first-order valence-corrected chi connectivity index (χ1v) is 4.90. The van der Waals surface area contributed by atoms with E-state index in [1.54, 1.807) is 13.8 Å². The van der Waals surface area contributed by atoms with Gasteiger partial charge in [0.05, 0.1) is 12.3 Å². The molecule has 0 aromatic carbocycles. The molecule has 0 aliphatic carbocycles. The highest BCUT2D eigenvalue weighted by Gasteiger charge is 2.21. The lowest BCUT2D eigenvalue weighted by Gasteiger charge is -2.13. The number of hydrogen-bond acceptors (Lipinski definition) is 4. The summed E-state index contributed by atoms with van der Waals surface area (Å²) in [5, 5.41) is 16.0. The monoisotopic (exact) mass is 212 g/mol. The van der Waals surface area contributed by atoms with E-state index in [1.807, 2.05) is 6.92 Å². The number of nitrogens with zero attached hydrogens (tertiary/aromatic N) is 1. The van der Waals surface area contributed by atoms with Crippen LogP contribution in [0.2, 0.25) is 0 Å². The van der Waals surface area contributed by atoms with Gasteiger partial charge in [0.1, 0.15) is 5.60 Å². The summed E-state index contributed by atoms with van der Waals surface area (Å²) in [6.07, 6.45) is 0.772. The highest BCUT2D eigenvalue weighted by molar-refractivity contribution is 5.87. The van der Waals surface area contributed by atoms with E-state index in [9.17, 15) is 9.90 Å². The molecule has 0 radical (unpaired) electrons. The minimum Gasteiger partial charge on any atom is -0.461 e. The van der Waals surface area contributed by atoms with Crippen LogP contribution in [0.25, 0.3) is 0 Å². The molecule has 0 saturated heterocycles. The molecule has 5 nitrogen and oxygen atoms in total. The summed E-state index contributed by atoms with van der Waals surface area (Å²) in [5.74, 6) is -0.469. The SMILES string of the molecule is CCCOC(=O)c1cc(C(C)(C)O)[nH]n1. The van der Waals surface area contributed by atoms with Gasteiger partial charge in [-0.05, 0) is 26.3 Å². The van der Waals surface area contributed by atoms with Gasteiger partial charge in [0.2, 0.25) is 0 Å². The molecule has 0 unspecified atom stereocenters. The number of aromatic nitrogens is 2. The molecule has 0 bridgehead atoms. The standard InChI is InChI=1S/C10H16N2O3/c1-4-5-15-9(13)7-6-8(12-11-7)10(2,3)14/h6,14H,4-5H2,1-3H3,(H,11,12). The van der Waals surface area contributed by atoms with Crippen LogP contribution in [0.15, 0.2) is 6.07 Å². The van der Waals surface area contributed by atoms with Crippen molar-refractivity contribution in [3.63, 3.8) is 0 Å². The number of H-pyrrole nitrogens is 1. The fraction of sp³-hybridized carbons (Fsp3) is 0.600. The molecule has 0 aliphatic rings. The number of rotatable bonds is 4. The van der Waals surface area contributed by atoms with Crippen LogP contribution < -0.4 is 0 Å². The molecule has 0 spiro atoms. The van der Waals surface area contributed by atoms with Crippen molar-refractivity contribution in [2.75, 3.05) is 6.61 Å². The van der Waals surface area contributed by atoms with Crippen LogP contribution in [0, 0.1) is 0 Å². The lowest BCUT2D eigenvalue weighted by Crippen LogP contribution is -2.15. The Balaban J connectivity index is 2.72. The molecule has 2 N–H and O–H groups in total. The second kappa shape index (κ2) is 4.44. The zero-order valence-corrected chi connectivity index (χ0v) is 9.20. The van der Waals surface area contributed by atoms with Crippen LogP contribution >= 0.6 is 0 Å². The Morgan fingerprint density at radius 1 is 1.67 bits per heavy atom. The van der Waals surface area contributed by atoms with E-state index in [4.69, 9.17) is 4.74 Å². The fourth-order valence-electron chi connectivity index (χ4n) is 1.01. The van der Waals surface area contributed by atoms with Gasteiger partial charge in [0.25, 0.3) is 0 Å². The van der Waals surface area contributed by atoms with E-state index in [-0.39, 0.29) is 5.69 Å².